The van der Waals surface area contributed by atoms with Crippen molar-refractivity contribution in [1.82, 2.24) is 5.32 Å². The Hall–Kier alpha value is -0.680. The minimum Gasteiger partial charge on any atom is -0.395 e. The molecule has 0 radical (unpaired) electrons. The van der Waals surface area contributed by atoms with Gasteiger partial charge in [0.15, 0.2) is 12.6 Å². The highest BCUT2D eigenvalue weighted by Gasteiger charge is 2.50. The summed E-state index contributed by atoms with van der Waals surface area (Å²) in [5, 5.41) is 74.7. The predicted molar refractivity (Wildman–Crippen MR) is 147 cm³/mol. The summed E-state index contributed by atoms with van der Waals surface area (Å²) in [7, 11) is 0. The van der Waals surface area contributed by atoms with Crippen LogP contribution in [0, 0.1) is 5.92 Å². The molecule has 0 amide bonds. The fraction of sp³-hybridized carbons (Fsp3) is 1.00. The first kappa shape index (κ1) is 35.8. The summed E-state index contributed by atoms with van der Waals surface area (Å²) in [4.78, 5) is 0. The molecule has 2 heterocycles. The van der Waals surface area contributed by atoms with Crippen molar-refractivity contribution >= 4 is 0 Å². The molecule has 16 atom stereocenters. The summed E-state index contributed by atoms with van der Waals surface area (Å²) in [6.07, 6.45) is -11.2. The zero-order valence-corrected chi connectivity index (χ0v) is 23.8. The molecular formula is C25H52N6O11. The van der Waals surface area contributed by atoms with E-state index in [0.29, 0.717) is 19.4 Å². The van der Waals surface area contributed by atoms with Crippen LogP contribution in [0.15, 0.2) is 0 Å². The van der Waals surface area contributed by atoms with Gasteiger partial charge in [0.2, 0.25) is 0 Å². The van der Waals surface area contributed by atoms with Crippen molar-refractivity contribution in [3.05, 3.63) is 0 Å². The second kappa shape index (κ2) is 16.6. The normalized spacial score (nSPS) is 44.6. The summed E-state index contributed by atoms with van der Waals surface area (Å²) < 4.78 is 23.7. The number of aliphatic hydroxyl groups is 7. The highest BCUT2D eigenvalue weighted by atomic mass is 16.7. The van der Waals surface area contributed by atoms with E-state index >= 15 is 0 Å². The number of rotatable bonds is 14. The molecule has 3 fully saturated rings. The molecule has 42 heavy (non-hydrogen) atoms. The molecule has 0 aromatic rings. The predicted octanol–water partition coefficient (Wildman–Crippen LogP) is -6.96. The van der Waals surface area contributed by atoms with Crippen LogP contribution in [-0.2, 0) is 18.9 Å². The largest absolute Gasteiger partial charge is 0.395 e. The fourth-order valence-electron chi connectivity index (χ4n) is 5.75. The van der Waals surface area contributed by atoms with Crippen molar-refractivity contribution in [3.63, 3.8) is 0 Å². The first-order valence-corrected chi connectivity index (χ1v) is 14.6. The average molecular weight is 613 g/mol. The van der Waals surface area contributed by atoms with Crippen LogP contribution in [0.5, 0.6) is 0 Å². The van der Waals surface area contributed by atoms with E-state index in [1.165, 1.54) is 0 Å². The van der Waals surface area contributed by atoms with Gasteiger partial charge in [0.1, 0.15) is 30.5 Å². The molecule has 2 saturated heterocycles. The summed E-state index contributed by atoms with van der Waals surface area (Å²) in [6, 6.07) is -3.14. The molecule has 0 spiro atoms. The van der Waals surface area contributed by atoms with Crippen LogP contribution >= 0.6 is 0 Å². The summed E-state index contributed by atoms with van der Waals surface area (Å²) in [6.45, 7) is -0.256. The highest BCUT2D eigenvalue weighted by Crippen LogP contribution is 2.36. The van der Waals surface area contributed by atoms with E-state index < -0.39 is 104 Å². The van der Waals surface area contributed by atoms with Gasteiger partial charge in [-0.15, -0.1) is 0 Å². The number of aliphatic hydroxyl groups excluding tert-OH is 7. The van der Waals surface area contributed by atoms with Crippen LogP contribution in [0.4, 0.5) is 0 Å². The number of nitrogens with two attached hydrogens (primary N) is 5. The standard InChI is InChI=1S/C25H52N6O11/c26-5-12(34)2-1-10-3-13(28)23(21(38)22(10)41-25-20(37)18(30)19(36)17(9-33)40-25)42-24-14(29)4-15(35)16(39-24)7-31-6-11(27)8-32/h10-25,31-38H,1-9,26-30H2/t10-,11?,12?,13+,14-,15+,16-,17-,18+,19-,20-,21-,22+,23-,24-,25-/m1/s1. The number of hydrogen-bond donors (Lipinski definition) is 13. The first-order chi connectivity index (χ1) is 19.9. The SMILES string of the molecule is NCC(O)CC[C@@H]1C[C@H](N)[C@@H](O[C@H]2O[C@H](CNCC(N)CO)[C@@H](O)C[C@H]2N)[C@H](O)[C@H]1O[C@H]1O[C@H](CO)[C@@H](O)[C@H](N)[C@H]1O. The van der Waals surface area contributed by atoms with Gasteiger partial charge in [-0.25, -0.2) is 0 Å². The number of nitrogens with one attached hydrogen (secondary N) is 1. The molecule has 248 valence electrons. The lowest BCUT2D eigenvalue weighted by Crippen LogP contribution is -2.66. The summed E-state index contributed by atoms with van der Waals surface area (Å²) in [5.41, 5.74) is 29.9. The van der Waals surface area contributed by atoms with Gasteiger partial charge in [-0.2, -0.15) is 0 Å². The van der Waals surface area contributed by atoms with Gasteiger partial charge in [-0.05, 0) is 31.6 Å². The molecule has 0 aromatic heterocycles. The second-order valence-corrected chi connectivity index (χ2v) is 11.7. The maximum absolute atomic E-state index is 11.5. The monoisotopic (exact) mass is 612 g/mol. The maximum Gasteiger partial charge on any atom is 0.186 e. The van der Waals surface area contributed by atoms with Gasteiger partial charge in [-0.1, -0.05) is 0 Å². The molecule has 18 N–H and O–H groups in total. The van der Waals surface area contributed by atoms with Crippen molar-refractivity contribution in [1.29, 1.82) is 0 Å². The van der Waals surface area contributed by atoms with Crippen LogP contribution in [-0.4, -0.2) is 160 Å². The third kappa shape index (κ3) is 8.95. The molecule has 2 aliphatic heterocycles. The van der Waals surface area contributed by atoms with Crippen LogP contribution in [0.3, 0.4) is 0 Å². The van der Waals surface area contributed by atoms with Gasteiger partial charge in [0.05, 0.1) is 49.7 Å². The Kier molecular flexibility index (Phi) is 14.1. The Morgan fingerprint density at radius 2 is 1.52 bits per heavy atom. The van der Waals surface area contributed by atoms with E-state index in [1.54, 1.807) is 0 Å². The molecule has 3 aliphatic rings. The van der Waals surface area contributed by atoms with Crippen molar-refractivity contribution in [2.24, 2.45) is 34.6 Å². The quantitative estimate of drug-likeness (QED) is 0.0866. The lowest BCUT2D eigenvalue weighted by atomic mass is 9.77. The van der Waals surface area contributed by atoms with E-state index in [2.05, 4.69) is 5.32 Å². The molecule has 0 bridgehead atoms. The van der Waals surface area contributed by atoms with Crippen molar-refractivity contribution in [3.8, 4) is 0 Å². The van der Waals surface area contributed by atoms with E-state index in [0.717, 1.165) is 0 Å². The third-order valence-electron chi connectivity index (χ3n) is 8.39. The Morgan fingerprint density at radius 1 is 0.857 bits per heavy atom. The zero-order chi connectivity index (χ0) is 31.1. The van der Waals surface area contributed by atoms with Crippen LogP contribution in [0.2, 0.25) is 0 Å². The molecule has 3 rings (SSSR count). The second-order valence-electron chi connectivity index (χ2n) is 11.7. The van der Waals surface area contributed by atoms with E-state index in [-0.39, 0.29) is 32.5 Å². The Balaban J connectivity index is 1.74. The molecule has 2 unspecified atom stereocenters. The van der Waals surface area contributed by atoms with Gasteiger partial charge in [0.25, 0.3) is 0 Å². The van der Waals surface area contributed by atoms with Crippen molar-refractivity contribution in [2.45, 2.75) is 117 Å². The minimum atomic E-state index is -1.48. The minimum absolute atomic E-state index is 0.0404. The fourth-order valence-corrected chi connectivity index (χ4v) is 5.75. The molecule has 17 nitrogen and oxygen atoms in total. The maximum atomic E-state index is 11.5. The molecule has 1 saturated carbocycles. The third-order valence-corrected chi connectivity index (χ3v) is 8.39. The van der Waals surface area contributed by atoms with E-state index in [4.69, 9.17) is 52.7 Å². The Labute approximate surface area is 245 Å². The topological polar surface area (TPSA) is 321 Å². The average Bonchev–Trinajstić information content (AvgIpc) is 2.97. The molecule has 0 aromatic carbocycles. The zero-order valence-electron chi connectivity index (χ0n) is 23.8. The number of hydrogen-bond acceptors (Lipinski definition) is 17. The van der Waals surface area contributed by atoms with Gasteiger partial charge in [0, 0.05) is 31.7 Å². The summed E-state index contributed by atoms with van der Waals surface area (Å²) >= 11 is 0. The molecule has 1 aliphatic carbocycles. The Bertz CT molecular complexity index is 793. The smallest absolute Gasteiger partial charge is 0.186 e. The Morgan fingerprint density at radius 3 is 2.17 bits per heavy atom. The molecule has 17 heteroatoms. The van der Waals surface area contributed by atoms with Gasteiger partial charge in [-0.3, -0.25) is 0 Å². The van der Waals surface area contributed by atoms with E-state index in [1.807, 2.05) is 0 Å². The first-order valence-electron chi connectivity index (χ1n) is 14.6. The van der Waals surface area contributed by atoms with Gasteiger partial charge >= 0.3 is 0 Å². The van der Waals surface area contributed by atoms with E-state index in [9.17, 15) is 30.6 Å². The van der Waals surface area contributed by atoms with Crippen LogP contribution in [0.1, 0.15) is 25.7 Å². The lowest BCUT2D eigenvalue weighted by molar-refractivity contribution is -0.320. The van der Waals surface area contributed by atoms with Crippen molar-refractivity contribution < 1.29 is 54.7 Å². The van der Waals surface area contributed by atoms with Crippen LogP contribution in [0.25, 0.3) is 0 Å². The lowest BCUT2D eigenvalue weighted by Gasteiger charge is -2.48. The van der Waals surface area contributed by atoms with Crippen LogP contribution < -0.4 is 34.0 Å². The van der Waals surface area contributed by atoms with Gasteiger partial charge < -0.3 is 88.7 Å². The molecular weight excluding hydrogens is 560 g/mol. The highest BCUT2D eigenvalue weighted by molar-refractivity contribution is 4.99. The number of ether oxygens (including phenoxy) is 4. The summed E-state index contributed by atoms with van der Waals surface area (Å²) in [5.74, 6) is -0.432. The van der Waals surface area contributed by atoms with Crippen molar-refractivity contribution in [2.75, 3.05) is 32.8 Å².